The minimum atomic E-state index is -0.151. The number of carbonyl (C=O) groups excluding carboxylic acids is 2. The van der Waals surface area contributed by atoms with Gasteiger partial charge in [-0.25, -0.2) is 9.97 Å². The van der Waals surface area contributed by atoms with Crippen LogP contribution >= 0.6 is 0 Å². The minimum absolute atomic E-state index is 0.0342. The Labute approximate surface area is 112 Å². The maximum atomic E-state index is 12.1. The summed E-state index contributed by atoms with van der Waals surface area (Å²) in [6, 6.07) is 1.76. The van der Waals surface area contributed by atoms with Gasteiger partial charge in [0.05, 0.1) is 18.7 Å². The summed E-state index contributed by atoms with van der Waals surface area (Å²) in [5, 5.41) is 0. The predicted molar refractivity (Wildman–Crippen MR) is 68.2 cm³/mol. The molecule has 1 aliphatic rings. The van der Waals surface area contributed by atoms with Gasteiger partial charge in [0.2, 0.25) is 0 Å². The Morgan fingerprint density at radius 3 is 2.53 bits per heavy atom. The van der Waals surface area contributed by atoms with Crippen LogP contribution in [0.15, 0.2) is 18.6 Å². The molecule has 5 nitrogen and oxygen atoms in total. The second-order valence-corrected chi connectivity index (χ2v) is 4.92. The van der Waals surface area contributed by atoms with E-state index >= 15 is 0 Å². The van der Waals surface area contributed by atoms with Crippen molar-refractivity contribution in [3.05, 3.63) is 24.3 Å². The molecule has 102 valence electrons. The van der Waals surface area contributed by atoms with Gasteiger partial charge in [0.15, 0.2) is 0 Å². The number of esters is 1. The number of methoxy groups -OCH3 is 1. The van der Waals surface area contributed by atoms with Crippen molar-refractivity contribution in [2.75, 3.05) is 7.11 Å². The van der Waals surface area contributed by atoms with Crippen LogP contribution in [0, 0.1) is 11.8 Å². The average molecular weight is 262 g/mol. The smallest absolute Gasteiger partial charge is 0.308 e. The molecule has 0 aromatic carbocycles. The van der Waals surface area contributed by atoms with Gasteiger partial charge in [0.1, 0.15) is 12.1 Å². The van der Waals surface area contributed by atoms with Crippen LogP contribution in [0.1, 0.15) is 31.4 Å². The lowest BCUT2D eigenvalue weighted by molar-refractivity contribution is -0.147. The lowest BCUT2D eigenvalue weighted by atomic mass is 9.79. The van der Waals surface area contributed by atoms with Crippen molar-refractivity contribution in [3.8, 4) is 0 Å². The van der Waals surface area contributed by atoms with Gasteiger partial charge < -0.3 is 4.74 Å². The standard InChI is InChI=1S/C14H18N2O3/c1-19-14(18)11-4-2-10(3-5-11)13(17)8-12-6-7-15-9-16-12/h6-7,9-11H,2-5,8H2,1H3. The number of ether oxygens (including phenoxy) is 1. The van der Waals surface area contributed by atoms with Crippen molar-refractivity contribution in [1.29, 1.82) is 0 Å². The van der Waals surface area contributed by atoms with Crippen molar-refractivity contribution in [3.63, 3.8) is 0 Å². The molecule has 1 aromatic rings. The Balaban J connectivity index is 1.84. The molecule has 19 heavy (non-hydrogen) atoms. The second-order valence-electron chi connectivity index (χ2n) is 4.92. The van der Waals surface area contributed by atoms with Gasteiger partial charge in [-0.05, 0) is 31.7 Å². The van der Waals surface area contributed by atoms with E-state index in [0.29, 0.717) is 6.42 Å². The molecule has 1 aromatic heterocycles. The summed E-state index contributed by atoms with van der Waals surface area (Å²) in [5.74, 6) is 0.0766. The molecular formula is C14H18N2O3. The molecule has 0 amide bonds. The number of rotatable bonds is 4. The predicted octanol–water partition coefficient (Wildman–Crippen LogP) is 1.57. The minimum Gasteiger partial charge on any atom is -0.469 e. The van der Waals surface area contributed by atoms with Gasteiger partial charge in [-0.3, -0.25) is 9.59 Å². The van der Waals surface area contributed by atoms with Gasteiger partial charge in [-0.15, -0.1) is 0 Å². The highest BCUT2D eigenvalue weighted by atomic mass is 16.5. The molecule has 1 saturated carbocycles. The summed E-state index contributed by atoms with van der Waals surface area (Å²) in [6.07, 6.45) is 6.48. The highest BCUT2D eigenvalue weighted by Gasteiger charge is 2.30. The van der Waals surface area contributed by atoms with Gasteiger partial charge in [0.25, 0.3) is 0 Å². The fourth-order valence-electron chi connectivity index (χ4n) is 2.56. The van der Waals surface area contributed by atoms with Crippen LogP contribution in [0.4, 0.5) is 0 Å². The monoisotopic (exact) mass is 262 g/mol. The Morgan fingerprint density at radius 1 is 1.26 bits per heavy atom. The van der Waals surface area contributed by atoms with E-state index < -0.39 is 0 Å². The fraction of sp³-hybridized carbons (Fsp3) is 0.571. The lowest BCUT2D eigenvalue weighted by Gasteiger charge is -2.25. The number of hydrogen-bond donors (Lipinski definition) is 0. The Kier molecular flexibility index (Phi) is 4.60. The molecule has 2 rings (SSSR count). The van der Waals surface area contributed by atoms with Crippen LogP contribution in [0.2, 0.25) is 0 Å². The lowest BCUT2D eigenvalue weighted by Crippen LogP contribution is -2.27. The zero-order valence-corrected chi connectivity index (χ0v) is 11.0. The summed E-state index contributed by atoms with van der Waals surface area (Å²) < 4.78 is 4.74. The van der Waals surface area contributed by atoms with E-state index in [4.69, 9.17) is 4.74 Å². The molecule has 1 fully saturated rings. The fourth-order valence-corrected chi connectivity index (χ4v) is 2.56. The van der Waals surface area contributed by atoms with E-state index in [1.54, 1.807) is 12.3 Å². The van der Waals surface area contributed by atoms with Gasteiger partial charge in [-0.1, -0.05) is 0 Å². The van der Waals surface area contributed by atoms with Crippen LogP contribution in [0.25, 0.3) is 0 Å². The summed E-state index contributed by atoms with van der Waals surface area (Å²) >= 11 is 0. The highest BCUT2D eigenvalue weighted by molar-refractivity contribution is 5.83. The van der Waals surface area contributed by atoms with E-state index in [2.05, 4.69) is 9.97 Å². The molecule has 0 atom stereocenters. The van der Waals surface area contributed by atoms with Crippen molar-refractivity contribution in [2.24, 2.45) is 11.8 Å². The first kappa shape index (κ1) is 13.6. The Morgan fingerprint density at radius 2 is 1.95 bits per heavy atom. The molecule has 0 bridgehead atoms. The maximum Gasteiger partial charge on any atom is 0.308 e. The molecule has 0 aliphatic heterocycles. The topological polar surface area (TPSA) is 69.2 Å². The zero-order valence-electron chi connectivity index (χ0n) is 11.0. The summed E-state index contributed by atoms with van der Waals surface area (Å²) in [5.41, 5.74) is 0.759. The van der Waals surface area contributed by atoms with Gasteiger partial charge >= 0.3 is 5.97 Å². The number of hydrogen-bond acceptors (Lipinski definition) is 5. The summed E-state index contributed by atoms with van der Waals surface area (Å²) in [7, 11) is 1.41. The number of aromatic nitrogens is 2. The maximum absolute atomic E-state index is 12.1. The molecular weight excluding hydrogens is 244 g/mol. The average Bonchev–Trinajstić information content (AvgIpc) is 2.47. The first-order valence-electron chi connectivity index (χ1n) is 6.56. The number of ketones is 1. The third-order valence-electron chi connectivity index (χ3n) is 3.72. The van der Waals surface area contributed by atoms with E-state index in [1.165, 1.54) is 13.4 Å². The van der Waals surface area contributed by atoms with E-state index in [0.717, 1.165) is 31.4 Å². The zero-order chi connectivity index (χ0) is 13.7. The number of carbonyl (C=O) groups is 2. The first-order chi connectivity index (χ1) is 9.20. The summed E-state index contributed by atoms with van der Waals surface area (Å²) in [4.78, 5) is 31.4. The van der Waals surface area contributed by atoms with Crippen molar-refractivity contribution in [1.82, 2.24) is 9.97 Å². The van der Waals surface area contributed by atoms with E-state index in [9.17, 15) is 9.59 Å². The van der Waals surface area contributed by atoms with Crippen LogP contribution in [0.3, 0.4) is 0 Å². The quantitative estimate of drug-likeness (QED) is 0.770. The molecule has 5 heteroatoms. The van der Waals surface area contributed by atoms with Gasteiger partial charge in [0, 0.05) is 18.5 Å². The number of nitrogens with zero attached hydrogens (tertiary/aromatic N) is 2. The normalized spacial score (nSPS) is 22.8. The van der Waals surface area contributed by atoms with E-state index in [-0.39, 0.29) is 23.6 Å². The van der Waals surface area contributed by atoms with Crippen LogP contribution in [0.5, 0.6) is 0 Å². The third-order valence-corrected chi connectivity index (χ3v) is 3.72. The molecule has 0 N–H and O–H groups in total. The molecule has 0 radical (unpaired) electrons. The van der Waals surface area contributed by atoms with E-state index in [1.807, 2.05) is 0 Å². The van der Waals surface area contributed by atoms with Crippen molar-refractivity contribution < 1.29 is 14.3 Å². The second kappa shape index (κ2) is 6.41. The van der Waals surface area contributed by atoms with Gasteiger partial charge in [-0.2, -0.15) is 0 Å². The molecule has 1 aliphatic carbocycles. The molecule has 1 heterocycles. The van der Waals surface area contributed by atoms with Crippen molar-refractivity contribution in [2.45, 2.75) is 32.1 Å². The first-order valence-corrected chi connectivity index (χ1v) is 6.56. The summed E-state index contributed by atoms with van der Waals surface area (Å²) in [6.45, 7) is 0. The molecule has 0 spiro atoms. The van der Waals surface area contributed by atoms with Crippen LogP contribution < -0.4 is 0 Å². The highest BCUT2D eigenvalue weighted by Crippen LogP contribution is 2.30. The number of Topliss-reactive ketones (excluding diaryl/α,β-unsaturated/α-hetero) is 1. The molecule has 0 unspecified atom stereocenters. The van der Waals surface area contributed by atoms with Crippen LogP contribution in [-0.2, 0) is 20.7 Å². The Bertz CT molecular complexity index is 439. The van der Waals surface area contributed by atoms with Crippen molar-refractivity contribution >= 4 is 11.8 Å². The SMILES string of the molecule is COC(=O)C1CCC(C(=O)Cc2ccncn2)CC1. The van der Waals surface area contributed by atoms with Crippen LogP contribution in [-0.4, -0.2) is 28.8 Å². The largest absolute Gasteiger partial charge is 0.469 e. The third kappa shape index (κ3) is 3.59. The molecule has 0 saturated heterocycles. The Hall–Kier alpha value is -1.78.